The van der Waals surface area contributed by atoms with Crippen molar-refractivity contribution in [1.29, 1.82) is 0 Å². The van der Waals surface area contributed by atoms with Gasteiger partial charge in [-0.25, -0.2) is 29.1 Å². The first-order valence-electron chi connectivity index (χ1n) is 44.4. The lowest BCUT2D eigenvalue weighted by atomic mass is 9.78. The second kappa shape index (κ2) is 39.6. The number of allylic oxidation sites excluding steroid dienone is 2. The smallest absolute Gasteiger partial charge is 0.453 e. The number of amides is 8. The lowest BCUT2D eigenvalue weighted by Gasteiger charge is -2.38. The lowest BCUT2D eigenvalue weighted by Crippen LogP contribution is -2.57. The van der Waals surface area contributed by atoms with E-state index in [1.54, 1.807) is 29.8 Å². The molecule has 5 saturated heterocycles. The highest BCUT2D eigenvalue weighted by Crippen LogP contribution is 2.49. The summed E-state index contributed by atoms with van der Waals surface area (Å²) >= 11 is 3.43. The molecule has 0 radical (unpaired) electrons. The van der Waals surface area contributed by atoms with Crippen LogP contribution in [0, 0.1) is 23.7 Å². The average molecular weight is 1810 g/mol. The second-order valence-electron chi connectivity index (χ2n) is 36.2. The Morgan fingerprint density at radius 3 is 1.25 bits per heavy atom. The molecular weight excluding hydrogens is 1690 g/mol. The fraction of sp³-hybridized carbons (Fsp3) is 0.464. The fourth-order valence-corrected chi connectivity index (χ4v) is 19.8. The van der Waals surface area contributed by atoms with Crippen LogP contribution in [0.3, 0.4) is 0 Å². The summed E-state index contributed by atoms with van der Waals surface area (Å²) in [6.45, 7) is 20.6. The molecule has 2 aliphatic carbocycles. The number of halogens is 1. The molecule has 676 valence electrons. The molecule has 0 unspecified atom stereocenters. The van der Waals surface area contributed by atoms with E-state index in [9.17, 15) is 38.4 Å². The van der Waals surface area contributed by atoms with Crippen LogP contribution in [0.2, 0.25) is 0 Å². The number of aliphatic hydroxyl groups excluding tert-OH is 1. The van der Waals surface area contributed by atoms with E-state index in [0.717, 1.165) is 182 Å². The van der Waals surface area contributed by atoms with E-state index >= 15 is 0 Å². The molecule has 128 heavy (non-hydrogen) atoms. The van der Waals surface area contributed by atoms with Crippen LogP contribution in [0.25, 0.3) is 66.3 Å². The number of nitrogens with zero attached hydrogens (tertiary/aromatic N) is 8. The molecule has 12 atom stereocenters. The monoisotopic (exact) mass is 1810 g/mol. The number of aromatic nitrogens is 4. The first-order valence-corrected chi connectivity index (χ1v) is 45.2. The number of carbonyl (C=O) groups excluding carboxylic acids is 8. The number of benzene rings is 6. The number of piperidine rings is 2. The van der Waals surface area contributed by atoms with Crippen molar-refractivity contribution in [3.8, 4) is 33.6 Å². The number of aliphatic imine (C=N–C) groups is 2. The maximum absolute atomic E-state index is 14.0. The van der Waals surface area contributed by atoms with Gasteiger partial charge in [0.15, 0.2) is 0 Å². The van der Waals surface area contributed by atoms with Gasteiger partial charge in [0.05, 0.1) is 87.6 Å². The Kier molecular flexibility index (Phi) is 28.7. The highest BCUT2D eigenvalue weighted by molar-refractivity contribution is 9.10. The molecule has 6 aromatic carbocycles. The zero-order valence-corrected chi connectivity index (χ0v) is 77.1. The molecule has 7 fully saturated rings. The van der Waals surface area contributed by atoms with E-state index in [1.165, 1.54) is 28.4 Å². The molecule has 8 aromatic rings. The number of fused-ring (bicyclic) bond motifs is 6. The van der Waals surface area contributed by atoms with Crippen LogP contribution in [0.1, 0.15) is 181 Å². The number of carbonyl (C=O) groups is 8. The van der Waals surface area contributed by atoms with Crippen LogP contribution < -0.4 is 26.7 Å². The summed E-state index contributed by atoms with van der Waals surface area (Å²) in [5, 5.41) is 22.2. The fourth-order valence-electron chi connectivity index (χ4n) is 19.5. The molecule has 7 aliphatic heterocycles. The lowest BCUT2D eigenvalue weighted by molar-refractivity contribution is -0.138. The van der Waals surface area contributed by atoms with Gasteiger partial charge in [-0.3, -0.25) is 29.2 Å². The number of methoxy groups -OCH3 is 4. The summed E-state index contributed by atoms with van der Waals surface area (Å²) in [7, 11) is 5.80. The van der Waals surface area contributed by atoms with E-state index in [1.807, 2.05) is 80.4 Å². The third-order valence-corrected chi connectivity index (χ3v) is 27.5. The quantitative estimate of drug-likeness (QED) is 0.0275. The SMILES string of the molecule is CO.COC(=O)N[C@@H](C)C(=O)N1CCC[C@H]1c1ncc(-c2ccc(-c3ccc4cc(C5=CN=C([C@@H]6[C@H]7CC[C@H](C7)N6C(=O)[C@@H](NC(=O)OC)C(C)C)C5)ccc4c3)cc2)[nH]1.COC(=O)N[C@@H](C)C(=O)N1CCC[C@H]1c1ncc(-c2ccc(Br)cc2)[nH]1.COC(=O)N[C@H](C(=O)N1[C@@H]2CC[C@@H](C2)[C@H]1C1=NC=C(c2ccc3cc(B4OC(C)(C)C(C)(C)O4)ccc3c2)C1)C(C)C. The molecule has 8 amide bonds. The van der Waals surface area contributed by atoms with Gasteiger partial charge in [-0.2, -0.15) is 0 Å². The van der Waals surface area contributed by atoms with E-state index in [0.29, 0.717) is 37.8 Å². The average Bonchev–Trinajstić information content (AvgIpc) is 1.60. The number of likely N-dealkylation sites (tertiary alicyclic amines) is 4. The number of nitrogens with one attached hydrogen (secondary N) is 6. The number of aliphatic hydroxyl groups is 1. The minimum atomic E-state index is -0.702. The number of hydrogen-bond donors (Lipinski definition) is 7. The van der Waals surface area contributed by atoms with Crippen molar-refractivity contribution in [2.45, 2.75) is 218 Å². The number of alkyl carbamates (subject to hydrolysis) is 4. The number of ether oxygens (including phenoxy) is 4. The largest absolute Gasteiger partial charge is 0.494 e. The molecule has 9 aliphatic rings. The number of H-pyrrole nitrogens is 2. The summed E-state index contributed by atoms with van der Waals surface area (Å²) in [5.41, 5.74) is 12.9. The Morgan fingerprint density at radius 1 is 0.469 bits per heavy atom. The van der Waals surface area contributed by atoms with Crippen LogP contribution in [-0.2, 0) is 47.4 Å². The molecule has 29 nitrogen and oxygen atoms in total. The number of hydrogen-bond acceptors (Lipinski definition) is 19. The highest BCUT2D eigenvalue weighted by atomic mass is 79.9. The van der Waals surface area contributed by atoms with Crippen LogP contribution in [-0.4, -0.2) is 219 Å². The van der Waals surface area contributed by atoms with Crippen LogP contribution in [0.5, 0.6) is 0 Å². The molecule has 2 aromatic heterocycles. The first-order chi connectivity index (χ1) is 61.4. The predicted octanol–water partition coefficient (Wildman–Crippen LogP) is 15.2. The van der Waals surface area contributed by atoms with Gasteiger partial charge in [0.1, 0.15) is 35.8 Å². The van der Waals surface area contributed by atoms with E-state index in [-0.39, 0.29) is 82.9 Å². The van der Waals surface area contributed by atoms with Crippen molar-refractivity contribution < 1.29 is 71.7 Å². The molecule has 4 bridgehead atoms. The molecule has 2 saturated carbocycles. The predicted molar refractivity (Wildman–Crippen MR) is 496 cm³/mol. The van der Waals surface area contributed by atoms with Gasteiger partial charge in [0.25, 0.3) is 0 Å². The first kappa shape index (κ1) is 92.6. The Balaban J connectivity index is 0.000000165. The zero-order valence-electron chi connectivity index (χ0n) is 75.5. The summed E-state index contributed by atoms with van der Waals surface area (Å²) in [6, 6.07) is 39.6. The Morgan fingerprint density at radius 2 is 0.836 bits per heavy atom. The number of rotatable bonds is 20. The summed E-state index contributed by atoms with van der Waals surface area (Å²) in [4.78, 5) is 134. The van der Waals surface area contributed by atoms with Crippen LogP contribution in [0.4, 0.5) is 19.2 Å². The van der Waals surface area contributed by atoms with Crippen LogP contribution in [0.15, 0.2) is 161 Å². The van der Waals surface area contributed by atoms with E-state index in [4.69, 9.17) is 33.9 Å². The van der Waals surface area contributed by atoms with Gasteiger partial charge >= 0.3 is 31.5 Å². The number of imidazole rings is 2. The standard InChI is InChI=1S/C45H51N7O6.C33H42BN3O5.C18H21BrN4O3.CH4O/c1-25(2)39(50-45(56)58-5)43(54)52-35-17-16-33(21-35)40(52)36-22-34(23-46-36)32-15-14-30-19-29(12-13-31(30)20-32)27-8-10-28(11-9-27)37-24-47-41(49-37)38-7-6-18-51(38)42(53)26(3)48-44(55)57-4;1-19(2)28(36-31(39)40-7)30(38)37-26-13-11-23(16-26)29(37)27-17-24(18-35-27)21-8-9-22-15-25(12-10-20(22)14-21)34-41-32(3,4)33(5,6)42-34;1-11(21-18(25)26-2)17(24)23-9-3-4-15(23)16-20-10-14(22-16)12-5-7-13(19)8-6-12;1-2/h8-15,19-20,23-26,33,35,38-40H,6-7,16-18,21-22H2,1-5H3,(H,47,49)(H,48,55)(H,50,56);8-10,12,14-15,18-19,23,26,28-29H,11,13,16-17H2,1-7H3,(H,36,39);5-8,10-11,15H,3-4,9H2,1-2H3,(H,20,22)(H,21,25);2H,1H3/t26-,33-,35+,38-,39-,40-;23-,26+,28-,29-;11-,15-;/m000./s1. The molecule has 7 N–H and O–H groups in total. The van der Waals surface area contributed by atoms with Gasteiger partial charge < -0.3 is 84.2 Å². The summed E-state index contributed by atoms with van der Waals surface area (Å²) in [5.74, 6) is 1.74. The van der Waals surface area contributed by atoms with E-state index < -0.39 is 55.7 Å². The van der Waals surface area contributed by atoms with Crippen molar-refractivity contribution in [3.05, 3.63) is 173 Å². The van der Waals surface area contributed by atoms with Gasteiger partial charge in [-0.05, 0) is 231 Å². The summed E-state index contributed by atoms with van der Waals surface area (Å²) in [6.07, 6.45) is 16.0. The molecule has 0 spiro atoms. The second-order valence-corrected chi connectivity index (χ2v) is 37.1. The molecule has 9 heterocycles. The molecule has 31 heteroatoms. The van der Waals surface area contributed by atoms with Gasteiger partial charge in [-0.1, -0.05) is 135 Å². The van der Waals surface area contributed by atoms with Crippen molar-refractivity contribution >= 4 is 121 Å². The van der Waals surface area contributed by atoms with Crippen molar-refractivity contribution in [2.75, 3.05) is 48.6 Å². The molecular formula is C97H118BBrN14O15. The third kappa shape index (κ3) is 19.7. The minimum Gasteiger partial charge on any atom is -0.453 e. The van der Waals surface area contributed by atoms with Gasteiger partial charge in [0.2, 0.25) is 23.6 Å². The third-order valence-electron chi connectivity index (χ3n) is 27.0. The minimum absolute atomic E-state index is 0.0337. The van der Waals surface area contributed by atoms with Gasteiger partial charge in [0, 0.05) is 73.4 Å². The Hall–Kier alpha value is -11.5. The topological polar surface area (TPSA) is 355 Å². The van der Waals surface area contributed by atoms with Crippen molar-refractivity contribution in [3.63, 3.8) is 0 Å². The Labute approximate surface area is 756 Å². The summed E-state index contributed by atoms with van der Waals surface area (Å²) < 4.78 is 32.4. The molecule has 17 rings (SSSR count). The maximum atomic E-state index is 14.0. The van der Waals surface area contributed by atoms with Crippen molar-refractivity contribution in [2.24, 2.45) is 33.7 Å². The van der Waals surface area contributed by atoms with E-state index in [2.05, 4.69) is 191 Å². The maximum Gasteiger partial charge on any atom is 0.494 e. The normalized spacial score (nSPS) is 22.4. The zero-order chi connectivity index (χ0) is 91.3. The van der Waals surface area contributed by atoms with Gasteiger partial charge in [-0.15, -0.1) is 0 Å². The van der Waals surface area contributed by atoms with Crippen molar-refractivity contribution in [1.82, 2.24) is 60.8 Å². The number of aromatic amines is 2. The van der Waals surface area contributed by atoms with Crippen LogP contribution >= 0.6 is 15.9 Å². The highest BCUT2D eigenvalue weighted by Gasteiger charge is 2.55. The Bertz CT molecular complexity index is 5580.